The third-order valence-corrected chi connectivity index (χ3v) is 3.81. The average Bonchev–Trinajstić information content (AvgIpc) is 2.79. The van der Waals surface area contributed by atoms with Crippen LogP contribution in [-0.4, -0.2) is 31.3 Å². The summed E-state index contributed by atoms with van der Waals surface area (Å²) in [6.07, 6.45) is 6.12. The topological polar surface area (TPSA) is 76.1 Å². The van der Waals surface area contributed by atoms with E-state index in [-0.39, 0.29) is 22.7 Å². The van der Waals surface area contributed by atoms with E-state index in [9.17, 15) is 14.7 Å². The lowest BCUT2D eigenvalue weighted by molar-refractivity contribution is -0.139. The first kappa shape index (κ1) is 17.6. The van der Waals surface area contributed by atoms with E-state index in [0.29, 0.717) is 10.6 Å². The maximum absolute atomic E-state index is 12.3. The van der Waals surface area contributed by atoms with Crippen LogP contribution in [0.3, 0.4) is 0 Å². The van der Waals surface area contributed by atoms with Gasteiger partial charge in [0.05, 0.1) is 25.5 Å². The molecule has 126 valence electrons. The molecule has 1 aliphatic rings. The number of halogens is 1. The van der Waals surface area contributed by atoms with Crippen LogP contribution in [-0.2, 0) is 19.1 Å². The van der Waals surface area contributed by atoms with Crippen LogP contribution in [0.5, 0.6) is 5.75 Å². The number of methoxy groups -OCH3 is 2. The molecule has 1 aromatic rings. The fraction of sp³-hybridized carbons (Fsp3) is 0.176. The minimum Gasteiger partial charge on any atom is -0.506 e. The Balaban J connectivity index is 2.72. The third kappa shape index (κ3) is 3.28. The predicted molar refractivity (Wildman–Crippen MR) is 89.7 cm³/mol. The molecule has 7 heteroatoms. The number of phenols is 1. The van der Waals surface area contributed by atoms with Crippen LogP contribution in [0.4, 0.5) is 5.69 Å². The maximum atomic E-state index is 12.3. The minimum atomic E-state index is -0.761. The fourth-order valence-corrected chi connectivity index (χ4v) is 2.36. The van der Waals surface area contributed by atoms with Gasteiger partial charge in [-0.3, -0.25) is 0 Å². The second-order valence-corrected chi connectivity index (χ2v) is 5.31. The van der Waals surface area contributed by atoms with Crippen molar-refractivity contribution in [3.63, 3.8) is 0 Å². The zero-order chi connectivity index (χ0) is 17.9. The zero-order valence-electron chi connectivity index (χ0n) is 13.4. The van der Waals surface area contributed by atoms with Crippen molar-refractivity contribution in [2.45, 2.75) is 6.92 Å². The molecule has 2 rings (SSSR count). The summed E-state index contributed by atoms with van der Waals surface area (Å²) >= 11 is 6.13. The summed E-state index contributed by atoms with van der Waals surface area (Å²) in [6, 6.07) is 2.97. The largest absolute Gasteiger partial charge is 0.506 e. The Morgan fingerprint density at radius 1 is 1.12 bits per heavy atom. The quantitative estimate of drug-likeness (QED) is 0.846. The molecule has 0 unspecified atom stereocenters. The summed E-state index contributed by atoms with van der Waals surface area (Å²) in [5.74, 6) is -1.57. The number of carbonyl (C=O) groups excluding carboxylic acids is 2. The Hall–Kier alpha value is -2.73. The second-order valence-electron chi connectivity index (χ2n) is 4.91. The van der Waals surface area contributed by atoms with Crippen LogP contribution in [0.25, 0.3) is 0 Å². The number of rotatable bonds is 3. The highest BCUT2D eigenvalue weighted by molar-refractivity contribution is 6.31. The summed E-state index contributed by atoms with van der Waals surface area (Å²) in [6.45, 7) is 1.74. The zero-order valence-corrected chi connectivity index (χ0v) is 14.1. The van der Waals surface area contributed by atoms with Crippen LogP contribution in [0, 0.1) is 6.92 Å². The number of anilines is 1. The normalized spacial score (nSPS) is 13.8. The van der Waals surface area contributed by atoms with Gasteiger partial charge in [0.25, 0.3) is 0 Å². The first-order valence-corrected chi connectivity index (χ1v) is 7.32. The van der Waals surface area contributed by atoms with E-state index in [0.717, 1.165) is 0 Å². The molecule has 1 N–H and O–H groups in total. The van der Waals surface area contributed by atoms with Crippen LogP contribution >= 0.6 is 11.6 Å². The van der Waals surface area contributed by atoms with Crippen molar-refractivity contribution < 1.29 is 24.2 Å². The molecule has 1 heterocycles. The maximum Gasteiger partial charge on any atom is 0.355 e. The van der Waals surface area contributed by atoms with E-state index >= 15 is 0 Å². The van der Waals surface area contributed by atoms with E-state index in [1.54, 1.807) is 19.1 Å². The molecular formula is C17H16ClNO5. The molecule has 0 saturated heterocycles. The number of aryl methyl sites for hydroxylation is 1. The molecule has 0 aromatic heterocycles. The SMILES string of the molecule is COC(=O)C1=C(C(=O)OC)N(c2cc(Cl)c(C)cc2O)C=CC=C1. The van der Waals surface area contributed by atoms with Crippen LogP contribution in [0.15, 0.2) is 47.8 Å². The number of allylic oxidation sites excluding steroid dienone is 2. The number of benzene rings is 1. The number of esters is 2. The lowest BCUT2D eigenvalue weighted by atomic mass is 10.1. The Bertz CT molecular complexity index is 779. The van der Waals surface area contributed by atoms with Gasteiger partial charge in [-0.2, -0.15) is 0 Å². The monoisotopic (exact) mass is 349 g/mol. The number of nitrogens with zero attached hydrogens (tertiary/aromatic N) is 1. The summed E-state index contributed by atoms with van der Waals surface area (Å²) in [7, 11) is 2.41. The number of phenolic OH excluding ortho intramolecular Hbond substituents is 1. The molecule has 0 fully saturated rings. The van der Waals surface area contributed by atoms with Crippen LogP contribution < -0.4 is 4.90 Å². The van der Waals surface area contributed by atoms with Crippen molar-refractivity contribution in [3.05, 3.63) is 58.4 Å². The molecule has 0 saturated carbocycles. The van der Waals surface area contributed by atoms with E-state index in [1.807, 2.05) is 0 Å². The summed E-state index contributed by atoms with van der Waals surface area (Å²) < 4.78 is 9.52. The molecule has 0 spiro atoms. The molecule has 1 aliphatic heterocycles. The van der Waals surface area contributed by atoms with Gasteiger partial charge < -0.3 is 19.5 Å². The molecule has 0 aliphatic carbocycles. The van der Waals surface area contributed by atoms with Crippen molar-refractivity contribution in [1.82, 2.24) is 0 Å². The summed E-state index contributed by atoms with van der Waals surface area (Å²) in [4.78, 5) is 25.7. The van der Waals surface area contributed by atoms with Gasteiger partial charge in [0.2, 0.25) is 0 Å². The molecule has 0 amide bonds. The van der Waals surface area contributed by atoms with Gasteiger partial charge in [-0.15, -0.1) is 0 Å². The van der Waals surface area contributed by atoms with E-state index < -0.39 is 11.9 Å². The first-order chi connectivity index (χ1) is 11.4. The average molecular weight is 350 g/mol. The Morgan fingerprint density at radius 2 is 1.79 bits per heavy atom. The summed E-state index contributed by atoms with van der Waals surface area (Å²) in [5.41, 5.74) is 0.800. The fourth-order valence-electron chi connectivity index (χ4n) is 2.20. The molecule has 24 heavy (non-hydrogen) atoms. The predicted octanol–water partition coefficient (Wildman–Crippen LogP) is 2.84. The smallest absolute Gasteiger partial charge is 0.355 e. The van der Waals surface area contributed by atoms with Gasteiger partial charge in [0.1, 0.15) is 11.4 Å². The molecule has 6 nitrogen and oxygen atoms in total. The lowest BCUT2D eigenvalue weighted by Gasteiger charge is -2.24. The van der Waals surface area contributed by atoms with Gasteiger partial charge >= 0.3 is 11.9 Å². The number of aromatic hydroxyl groups is 1. The molecule has 0 atom stereocenters. The van der Waals surface area contributed by atoms with E-state index in [2.05, 4.69) is 0 Å². The number of carbonyl (C=O) groups is 2. The van der Waals surface area contributed by atoms with Crippen molar-refractivity contribution in [2.24, 2.45) is 0 Å². The molecule has 0 bridgehead atoms. The Kier molecular flexibility index (Phi) is 5.31. The van der Waals surface area contributed by atoms with Crippen LogP contribution in [0.2, 0.25) is 5.02 Å². The van der Waals surface area contributed by atoms with Gasteiger partial charge in [-0.1, -0.05) is 17.7 Å². The van der Waals surface area contributed by atoms with Crippen molar-refractivity contribution in [1.29, 1.82) is 0 Å². The van der Waals surface area contributed by atoms with Crippen molar-refractivity contribution in [2.75, 3.05) is 19.1 Å². The lowest BCUT2D eigenvalue weighted by Crippen LogP contribution is -2.27. The molecule has 0 radical (unpaired) electrons. The van der Waals surface area contributed by atoms with Gasteiger partial charge in [0.15, 0.2) is 0 Å². The molecule has 1 aromatic carbocycles. The van der Waals surface area contributed by atoms with Gasteiger partial charge in [-0.25, -0.2) is 9.59 Å². The summed E-state index contributed by atoms with van der Waals surface area (Å²) in [5, 5.41) is 10.7. The number of hydrogen-bond acceptors (Lipinski definition) is 6. The highest BCUT2D eigenvalue weighted by atomic mass is 35.5. The van der Waals surface area contributed by atoms with Crippen molar-refractivity contribution in [3.8, 4) is 5.75 Å². The number of hydrogen-bond donors (Lipinski definition) is 1. The highest BCUT2D eigenvalue weighted by Crippen LogP contribution is 2.36. The Labute approximate surface area is 144 Å². The molecular weight excluding hydrogens is 334 g/mol. The highest BCUT2D eigenvalue weighted by Gasteiger charge is 2.28. The van der Waals surface area contributed by atoms with Gasteiger partial charge in [-0.05, 0) is 36.8 Å². The number of ether oxygens (including phenoxy) is 2. The van der Waals surface area contributed by atoms with Crippen molar-refractivity contribution >= 4 is 29.2 Å². The van der Waals surface area contributed by atoms with Gasteiger partial charge in [0, 0.05) is 11.2 Å². The third-order valence-electron chi connectivity index (χ3n) is 3.40. The Morgan fingerprint density at radius 3 is 2.42 bits per heavy atom. The van der Waals surface area contributed by atoms with E-state index in [4.69, 9.17) is 21.1 Å². The second kappa shape index (κ2) is 7.23. The first-order valence-electron chi connectivity index (χ1n) is 6.94. The minimum absolute atomic E-state index is 0.00884. The van der Waals surface area contributed by atoms with Crippen LogP contribution in [0.1, 0.15) is 5.56 Å². The van der Waals surface area contributed by atoms with E-state index in [1.165, 1.54) is 43.5 Å². The standard InChI is InChI=1S/C17H16ClNO5/c1-10-8-14(20)13(9-12(10)18)19-7-5-4-6-11(16(21)23-2)15(19)17(22)24-3/h4-9,20H,1-3H3.